The first kappa shape index (κ1) is 26.4. The van der Waals surface area contributed by atoms with Gasteiger partial charge in [-0.15, -0.1) is 0 Å². The summed E-state index contributed by atoms with van der Waals surface area (Å²) in [7, 11) is 2.21. The predicted octanol–water partition coefficient (Wildman–Crippen LogP) is 5.73. The summed E-state index contributed by atoms with van der Waals surface area (Å²) in [6.07, 6.45) is 9.51. The maximum atomic E-state index is 13.2. The van der Waals surface area contributed by atoms with Gasteiger partial charge in [-0.2, -0.15) is 4.98 Å². The number of aromatic amines is 1. The molecule has 9 heteroatoms. The van der Waals surface area contributed by atoms with Crippen molar-refractivity contribution >= 4 is 45.0 Å². The Balaban J connectivity index is 1.16. The number of hydrogen-bond acceptors (Lipinski definition) is 6. The first-order valence-corrected chi connectivity index (χ1v) is 14.7. The van der Waals surface area contributed by atoms with Crippen LogP contribution in [-0.4, -0.2) is 74.6 Å². The smallest absolute Gasteiger partial charge is 0.330 e. The number of likely N-dealkylation sites (tertiary alicyclic amines) is 1. The van der Waals surface area contributed by atoms with Crippen molar-refractivity contribution < 1.29 is 4.79 Å². The van der Waals surface area contributed by atoms with Gasteiger partial charge in [-0.1, -0.05) is 42.5 Å². The molecule has 5 aromatic rings. The van der Waals surface area contributed by atoms with E-state index in [4.69, 9.17) is 5.73 Å². The van der Waals surface area contributed by atoms with Gasteiger partial charge in [0.05, 0.1) is 5.69 Å². The highest BCUT2D eigenvalue weighted by Gasteiger charge is 2.25. The van der Waals surface area contributed by atoms with Crippen LogP contribution >= 0.6 is 0 Å². The zero-order valence-electron chi connectivity index (χ0n) is 24.1. The van der Waals surface area contributed by atoms with E-state index >= 15 is 0 Å². The lowest BCUT2D eigenvalue weighted by Crippen LogP contribution is -2.45. The van der Waals surface area contributed by atoms with E-state index in [2.05, 4.69) is 49.3 Å². The molecule has 2 aliphatic rings. The van der Waals surface area contributed by atoms with Gasteiger partial charge in [0.1, 0.15) is 5.65 Å². The normalized spacial score (nSPS) is 17.1. The quantitative estimate of drug-likeness (QED) is 0.259. The number of aromatic nitrogens is 4. The van der Waals surface area contributed by atoms with Crippen LogP contribution in [0.2, 0.25) is 0 Å². The molecule has 3 aromatic heterocycles. The molecule has 0 unspecified atom stereocenters. The number of carbonyl (C=O) groups is 1. The zero-order valence-corrected chi connectivity index (χ0v) is 24.1. The second-order valence-electron chi connectivity index (χ2n) is 11.6. The Kier molecular flexibility index (Phi) is 6.76. The molecule has 0 atom stereocenters. The number of anilines is 2. The van der Waals surface area contributed by atoms with Crippen LogP contribution < -0.4 is 11.1 Å². The molecule has 1 saturated heterocycles. The number of carbonyl (C=O) groups excluding carboxylic acids is 1. The number of nitrogen functional groups attached to an aromatic ring is 1. The van der Waals surface area contributed by atoms with Crippen molar-refractivity contribution in [2.75, 3.05) is 44.3 Å². The van der Waals surface area contributed by atoms with E-state index in [1.54, 1.807) is 4.57 Å². The Bertz CT molecular complexity index is 1790. The summed E-state index contributed by atoms with van der Waals surface area (Å²) in [5.74, 6) is 0.213. The summed E-state index contributed by atoms with van der Waals surface area (Å²) in [6.45, 7) is 6.38. The molecule has 2 aromatic carbocycles. The minimum atomic E-state index is -0.221. The second-order valence-corrected chi connectivity index (χ2v) is 11.6. The number of piperidine rings is 1. The van der Waals surface area contributed by atoms with Crippen molar-refractivity contribution in [1.29, 1.82) is 0 Å². The van der Waals surface area contributed by atoms with E-state index < -0.39 is 0 Å². The minimum Gasteiger partial charge on any atom is -0.368 e. The fraction of sp³-hybridized carbons (Fsp3) is 0.303. The molecule has 1 fully saturated rings. The van der Waals surface area contributed by atoms with Crippen LogP contribution in [0.5, 0.6) is 0 Å². The number of rotatable bonds is 4. The van der Waals surface area contributed by atoms with Crippen molar-refractivity contribution in [3.8, 4) is 11.3 Å². The Hall–Kier alpha value is -4.47. The average molecular weight is 561 g/mol. The zero-order chi connectivity index (χ0) is 28.8. The summed E-state index contributed by atoms with van der Waals surface area (Å²) >= 11 is 0. The van der Waals surface area contributed by atoms with Crippen LogP contribution in [0.4, 0.5) is 16.4 Å². The molecule has 0 radical (unpaired) electrons. The van der Waals surface area contributed by atoms with Gasteiger partial charge in [0.25, 0.3) is 0 Å². The van der Waals surface area contributed by atoms with Gasteiger partial charge >= 0.3 is 6.03 Å². The molecule has 1 amide bonds. The number of fused-ring (bicyclic) bond motifs is 2. The fourth-order valence-electron chi connectivity index (χ4n) is 6.43. The Labute approximate surface area is 245 Å². The van der Waals surface area contributed by atoms with Crippen molar-refractivity contribution in [2.45, 2.75) is 32.2 Å². The summed E-state index contributed by atoms with van der Waals surface area (Å²) in [4.78, 5) is 30.9. The van der Waals surface area contributed by atoms with Crippen LogP contribution in [0.15, 0.2) is 67.0 Å². The lowest BCUT2D eigenvalue weighted by molar-refractivity contribution is 0.131. The third kappa shape index (κ3) is 4.95. The summed E-state index contributed by atoms with van der Waals surface area (Å²) < 4.78 is 1.59. The molecule has 0 aliphatic carbocycles. The number of hydrogen-bond donors (Lipinski definition) is 3. The number of nitrogens with two attached hydrogens (primary N) is 1. The highest BCUT2D eigenvalue weighted by atomic mass is 16.2. The van der Waals surface area contributed by atoms with Crippen molar-refractivity contribution in [3.63, 3.8) is 0 Å². The number of amides is 1. The predicted molar refractivity (Wildman–Crippen MR) is 170 cm³/mol. The number of H-pyrrole nitrogens is 1. The van der Waals surface area contributed by atoms with Gasteiger partial charge in [-0.25, -0.2) is 9.78 Å². The highest BCUT2D eigenvalue weighted by Crippen LogP contribution is 2.35. The largest absolute Gasteiger partial charge is 0.368 e. The van der Waals surface area contributed by atoms with E-state index in [0.717, 1.165) is 69.5 Å². The van der Waals surface area contributed by atoms with Crippen LogP contribution in [0.3, 0.4) is 0 Å². The van der Waals surface area contributed by atoms with Gasteiger partial charge in [0, 0.05) is 53.9 Å². The van der Waals surface area contributed by atoms with E-state index in [1.165, 1.54) is 31.5 Å². The van der Waals surface area contributed by atoms with Crippen molar-refractivity contribution in [3.05, 3.63) is 78.3 Å². The molecule has 0 bridgehead atoms. The average Bonchev–Trinajstić information content (AvgIpc) is 3.63. The number of benzene rings is 2. The van der Waals surface area contributed by atoms with E-state index in [0.29, 0.717) is 6.04 Å². The van der Waals surface area contributed by atoms with Crippen LogP contribution in [-0.2, 0) is 0 Å². The summed E-state index contributed by atoms with van der Waals surface area (Å²) in [6, 6.07) is 16.4. The lowest BCUT2D eigenvalue weighted by atomic mass is 9.98. The molecule has 0 saturated carbocycles. The Morgan fingerprint density at radius 1 is 1.02 bits per heavy atom. The summed E-state index contributed by atoms with van der Waals surface area (Å²) in [5, 5.41) is 6.03. The topological polar surface area (TPSA) is 108 Å². The minimum absolute atomic E-state index is 0.213. The molecule has 214 valence electrons. The molecule has 2 aliphatic heterocycles. The van der Waals surface area contributed by atoms with Crippen LogP contribution in [0.1, 0.15) is 30.5 Å². The second kappa shape index (κ2) is 10.7. The maximum absolute atomic E-state index is 13.2. The standard InChI is InChI=1S/C33H36N8O/c1-21-26(8-5-9-28(21)36-33(42)41-19-23-6-3-4-7-24(23)20-41)30-27-18-29(35-31(27)38-32(34)37-30)22-10-16-40(17-11-22)25-12-14-39(2)15-13-25/h3-10,18-20,25H,11-17H2,1-2H3,(H,36,42)(H3,34,35,37,38). The summed E-state index contributed by atoms with van der Waals surface area (Å²) in [5.41, 5.74) is 12.6. The Morgan fingerprint density at radius 3 is 2.50 bits per heavy atom. The van der Waals surface area contributed by atoms with Gasteiger partial charge in [-0.05, 0) is 80.4 Å². The van der Waals surface area contributed by atoms with Crippen LogP contribution in [0, 0.1) is 6.92 Å². The Morgan fingerprint density at radius 2 is 1.79 bits per heavy atom. The molecule has 9 nitrogen and oxygen atoms in total. The molecule has 0 spiro atoms. The monoisotopic (exact) mass is 560 g/mol. The van der Waals surface area contributed by atoms with Gasteiger partial charge in [0.15, 0.2) is 0 Å². The molecule has 5 heterocycles. The molecule has 7 rings (SSSR count). The molecular formula is C33H36N8O. The van der Waals surface area contributed by atoms with E-state index in [1.807, 2.05) is 61.8 Å². The van der Waals surface area contributed by atoms with Crippen LogP contribution in [0.25, 0.3) is 38.6 Å². The van der Waals surface area contributed by atoms with E-state index in [-0.39, 0.29) is 12.0 Å². The number of nitrogens with one attached hydrogen (secondary N) is 2. The molecule has 42 heavy (non-hydrogen) atoms. The third-order valence-electron chi connectivity index (χ3n) is 8.91. The highest BCUT2D eigenvalue weighted by molar-refractivity contribution is 5.99. The lowest BCUT2D eigenvalue weighted by Gasteiger charge is -2.38. The molecular weight excluding hydrogens is 524 g/mol. The molecule has 4 N–H and O–H groups in total. The van der Waals surface area contributed by atoms with Crippen molar-refractivity contribution in [1.82, 2.24) is 29.3 Å². The van der Waals surface area contributed by atoms with Gasteiger partial charge in [-0.3, -0.25) is 9.47 Å². The maximum Gasteiger partial charge on any atom is 0.330 e. The van der Waals surface area contributed by atoms with E-state index in [9.17, 15) is 4.79 Å². The van der Waals surface area contributed by atoms with Crippen molar-refractivity contribution in [2.24, 2.45) is 0 Å². The van der Waals surface area contributed by atoms with Gasteiger partial charge < -0.3 is 20.9 Å². The van der Waals surface area contributed by atoms with Gasteiger partial charge in [0.2, 0.25) is 5.95 Å². The number of nitrogens with zero attached hydrogens (tertiary/aromatic N) is 5. The first-order chi connectivity index (χ1) is 20.4. The fourth-order valence-corrected chi connectivity index (χ4v) is 6.43. The third-order valence-corrected chi connectivity index (χ3v) is 8.91. The SMILES string of the molecule is Cc1c(NC(=O)n2cc3ccccc3c2)cccc1-c1nc(N)nc2[nH]c(C3=CCN(C4CCN(C)CC4)CC3)cc12. The first-order valence-electron chi connectivity index (χ1n) is 14.7.